The number of H-pyrrole nitrogens is 1. The van der Waals surface area contributed by atoms with Gasteiger partial charge in [0, 0.05) is 11.1 Å². The van der Waals surface area contributed by atoms with Crippen LogP contribution in [0.5, 0.6) is 0 Å². The number of nitriles is 1. The third kappa shape index (κ3) is 2.46. The topological polar surface area (TPSA) is 78.7 Å². The van der Waals surface area contributed by atoms with E-state index in [1.165, 1.54) is 22.1 Å². The molecular formula is C10H6ClN3O2S. The third-order valence-electron chi connectivity index (χ3n) is 2.09. The molecule has 0 fully saturated rings. The maximum Gasteiger partial charge on any atom is 0.328 e. The number of rotatable bonds is 2. The van der Waals surface area contributed by atoms with Crippen molar-refractivity contribution < 1.29 is 0 Å². The van der Waals surface area contributed by atoms with Gasteiger partial charge in [-0.3, -0.25) is 14.3 Å². The van der Waals surface area contributed by atoms with Gasteiger partial charge in [0.1, 0.15) is 11.6 Å². The van der Waals surface area contributed by atoms with Crippen molar-refractivity contribution >= 4 is 22.9 Å². The summed E-state index contributed by atoms with van der Waals surface area (Å²) in [6.07, 6.45) is 1.24. The Bertz CT molecular complexity index is 707. The maximum absolute atomic E-state index is 11.5. The Hall–Kier alpha value is -1.84. The minimum Gasteiger partial charge on any atom is -0.294 e. The minimum atomic E-state index is -0.669. The number of nitrogens with one attached hydrogen (secondary N) is 1. The Morgan fingerprint density at radius 3 is 2.82 bits per heavy atom. The van der Waals surface area contributed by atoms with Crippen LogP contribution in [-0.2, 0) is 6.54 Å². The number of hydrogen-bond donors (Lipinski definition) is 1. The molecule has 2 aromatic heterocycles. The van der Waals surface area contributed by atoms with Crippen LogP contribution < -0.4 is 11.2 Å². The van der Waals surface area contributed by atoms with E-state index in [1.807, 2.05) is 0 Å². The number of hydrogen-bond acceptors (Lipinski definition) is 4. The molecule has 0 amide bonds. The van der Waals surface area contributed by atoms with Crippen LogP contribution in [0.15, 0.2) is 27.9 Å². The van der Waals surface area contributed by atoms with E-state index in [4.69, 9.17) is 16.9 Å². The van der Waals surface area contributed by atoms with Gasteiger partial charge >= 0.3 is 5.69 Å². The molecule has 17 heavy (non-hydrogen) atoms. The molecule has 2 rings (SSSR count). The molecule has 0 saturated carbocycles. The van der Waals surface area contributed by atoms with E-state index in [9.17, 15) is 9.59 Å². The molecule has 0 saturated heterocycles. The lowest BCUT2D eigenvalue weighted by Gasteiger charge is -2.02. The molecule has 0 atom stereocenters. The van der Waals surface area contributed by atoms with Crippen molar-refractivity contribution in [3.8, 4) is 6.07 Å². The summed E-state index contributed by atoms with van der Waals surface area (Å²) in [6.45, 7) is 0.279. The summed E-state index contributed by atoms with van der Waals surface area (Å²) in [7, 11) is 0. The first-order chi connectivity index (χ1) is 8.10. The Kier molecular flexibility index (Phi) is 3.13. The summed E-state index contributed by atoms with van der Waals surface area (Å²) < 4.78 is 1.89. The lowest BCUT2D eigenvalue weighted by molar-refractivity contribution is 0.726. The summed E-state index contributed by atoms with van der Waals surface area (Å²) >= 11 is 7.11. The van der Waals surface area contributed by atoms with Crippen LogP contribution in [0.4, 0.5) is 0 Å². The van der Waals surface area contributed by atoms with Gasteiger partial charge < -0.3 is 0 Å². The highest BCUT2D eigenvalue weighted by Gasteiger charge is 2.05. The van der Waals surface area contributed by atoms with E-state index >= 15 is 0 Å². The first-order valence-electron chi connectivity index (χ1n) is 4.58. The SMILES string of the molecule is N#Cc1cn(Cc2ccc(Cl)s2)c(=O)[nH]c1=O. The second kappa shape index (κ2) is 4.57. The Morgan fingerprint density at radius 1 is 1.47 bits per heavy atom. The molecule has 0 unspecified atom stereocenters. The highest BCUT2D eigenvalue weighted by molar-refractivity contribution is 7.16. The fourth-order valence-corrected chi connectivity index (χ4v) is 2.40. The second-order valence-corrected chi connectivity index (χ2v) is 5.05. The monoisotopic (exact) mass is 267 g/mol. The van der Waals surface area contributed by atoms with E-state index in [0.29, 0.717) is 4.34 Å². The predicted molar refractivity (Wildman–Crippen MR) is 64.5 cm³/mol. The van der Waals surface area contributed by atoms with E-state index in [0.717, 1.165) is 4.88 Å². The van der Waals surface area contributed by atoms with Crippen molar-refractivity contribution in [3.63, 3.8) is 0 Å². The highest BCUT2D eigenvalue weighted by atomic mass is 35.5. The average molecular weight is 268 g/mol. The van der Waals surface area contributed by atoms with Crippen LogP contribution in [0.1, 0.15) is 10.4 Å². The molecule has 0 spiro atoms. The zero-order valence-electron chi connectivity index (χ0n) is 8.44. The fourth-order valence-electron chi connectivity index (χ4n) is 1.31. The molecule has 0 aliphatic carbocycles. The van der Waals surface area contributed by atoms with E-state index in [2.05, 4.69) is 4.98 Å². The van der Waals surface area contributed by atoms with Gasteiger partial charge in [0.25, 0.3) is 5.56 Å². The van der Waals surface area contributed by atoms with Crippen molar-refractivity contribution in [1.29, 1.82) is 5.26 Å². The van der Waals surface area contributed by atoms with Crippen LogP contribution in [-0.4, -0.2) is 9.55 Å². The van der Waals surface area contributed by atoms with Gasteiger partial charge in [-0.05, 0) is 12.1 Å². The van der Waals surface area contributed by atoms with Crippen LogP contribution in [0, 0.1) is 11.3 Å². The molecule has 0 aromatic carbocycles. The highest BCUT2D eigenvalue weighted by Crippen LogP contribution is 2.21. The summed E-state index contributed by atoms with van der Waals surface area (Å²) in [5, 5.41) is 8.70. The molecule has 0 bridgehead atoms. The van der Waals surface area contributed by atoms with Gasteiger partial charge in [0.05, 0.1) is 10.9 Å². The summed E-state index contributed by atoms with van der Waals surface area (Å²) in [5.41, 5.74) is -1.30. The summed E-state index contributed by atoms with van der Waals surface area (Å²) in [6, 6.07) is 5.24. The number of nitrogens with zero attached hydrogens (tertiary/aromatic N) is 2. The Labute approximate surface area is 105 Å². The molecule has 2 heterocycles. The Balaban J connectivity index is 2.43. The Morgan fingerprint density at radius 2 is 2.24 bits per heavy atom. The predicted octanol–water partition coefficient (Wildman–Crippen LogP) is 1.17. The minimum absolute atomic E-state index is 0.0905. The van der Waals surface area contributed by atoms with Crippen molar-refractivity contribution in [3.05, 3.63) is 53.9 Å². The largest absolute Gasteiger partial charge is 0.328 e. The quantitative estimate of drug-likeness (QED) is 0.887. The van der Waals surface area contributed by atoms with Crippen LogP contribution in [0.2, 0.25) is 4.34 Å². The van der Waals surface area contributed by atoms with E-state index in [1.54, 1.807) is 18.2 Å². The zero-order chi connectivity index (χ0) is 12.4. The maximum atomic E-state index is 11.5. The van der Waals surface area contributed by atoms with Crippen LogP contribution >= 0.6 is 22.9 Å². The standard InChI is InChI=1S/C10H6ClN3O2S/c11-8-2-1-7(17-8)5-14-4-6(3-12)9(15)13-10(14)16/h1-2,4H,5H2,(H,13,15,16). The number of aromatic amines is 1. The average Bonchev–Trinajstić information content (AvgIpc) is 2.68. The van der Waals surface area contributed by atoms with Crippen molar-refractivity contribution in [2.75, 3.05) is 0 Å². The summed E-state index contributed by atoms with van der Waals surface area (Å²) in [5.74, 6) is 0. The normalized spacial score (nSPS) is 10.1. The van der Waals surface area contributed by atoms with Crippen molar-refractivity contribution in [2.24, 2.45) is 0 Å². The van der Waals surface area contributed by atoms with E-state index in [-0.39, 0.29) is 12.1 Å². The fraction of sp³-hybridized carbons (Fsp3) is 0.100. The number of aromatic nitrogens is 2. The molecule has 7 heteroatoms. The van der Waals surface area contributed by atoms with Gasteiger partial charge in [0.2, 0.25) is 0 Å². The molecule has 2 aromatic rings. The number of thiophene rings is 1. The van der Waals surface area contributed by atoms with Crippen LogP contribution in [0.3, 0.4) is 0 Å². The van der Waals surface area contributed by atoms with Gasteiger partial charge in [-0.2, -0.15) is 5.26 Å². The third-order valence-corrected chi connectivity index (χ3v) is 3.30. The molecular weight excluding hydrogens is 262 g/mol. The smallest absolute Gasteiger partial charge is 0.294 e. The second-order valence-electron chi connectivity index (χ2n) is 3.25. The molecule has 0 radical (unpaired) electrons. The van der Waals surface area contributed by atoms with Gasteiger partial charge in [-0.15, -0.1) is 11.3 Å². The lowest BCUT2D eigenvalue weighted by atomic mass is 10.3. The molecule has 0 aliphatic rings. The molecule has 1 N–H and O–H groups in total. The number of halogens is 1. The van der Waals surface area contributed by atoms with Gasteiger partial charge in [-0.25, -0.2) is 4.79 Å². The lowest BCUT2D eigenvalue weighted by Crippen LogP contribution is -2.31. The van der Waals surface area contributed by atoms with Crippen molar-refractivity contribution in [1.82, 2.24) is 9.55 Å². The zero-order valence-corrected chi connectivity index (χ0v) is 10.0. The first kappa shape index (κ1) is 11.6. The molecule has 0 aliphatic heterocycles. The first-order valence-corrected chi connectivity index (χ1v) is 5.77. The van der Waals surface area contributed by atoms with E-state index < -0.39 is 11.2 Å². The van der Waals surface area contributed by atoms with Gasteiger partial charge in [0.15, 0.2) is 0 Å². The van der Waals surface area contributed by atoms with Crippen LogP contribution in [0.25, 0.3) is 0 Å². The van der Waals surface area contributed by atoms with Crippen molar-refractivity contribution in [2.45, 2.75) is 6.54 Å². The molecule has 5 nitrogen and oxygen atoms in total. The molecule has 86 valence electrons. The summed E-state index contributed by atoms with van der Waals surface area (Å²) in [4.78, 5) is 25.6. The van der Waals surface area contributed by atoms with Gasteiger partial charge in [-0.1, -0.05) is 11.6 Å².